The number of aryl methyl sites for hydroxylation is 1. The Balaban J connectivity index is 1.87. The molecule has 1 aromatic carbocycles. The summed E-state index contributed by atoms with van der Waals surface area (Å²) in [6.07, 6.45) is 0. The number of nitrogens with zero attached hydrogens (tertiary/aromatic N) is 6. The lowest BCUT2D eigenvalue weighted by Crippen LogP contribution is -2.36. The first-order valence-corrected chi connectivity index (χ1v) is 7.45. The molecule has 0 saturated heterocycles. The lowest BCUT2D eigenvalue weighted by Gasteiger charge is -2.36. The van der Waals surface area contributed by atoms with Crippen molar-refractivity contribution < 1.29 is 4.39 Å². The van der Waals surface area contributed by atoms with E-state index in [4.69, 9.17) is 0 Å². The van der Waals surface area contributed by atoms with Crippen LogP contribution in [0.4, 0.5) is 22.1 Å². The molecule has 1 aliphatic heterocycles. The zero-order valence-corrected chi connectivity index (χ0v) is 13.1. The summed E-state index contributed by atoms with van der Waals surface area (Å²) in [5.74, 6) is 0.242. The number of anilines is 3. The number of nitrogens with one attached hydrogen (secondary N) is 3. The van der Waals surface area contributed by atoms with Crippen molar-refractivity contribution >= 4 is 17.7 Å². The first-order chi connectivity index (χ1) is 12.1. The van der Waals surface area contributed by atoms with Gasteiger partial charge in [0.15, 0.2) is 0 Å². The molecule has 3 N–H and O–H groups in total. The molecule has 0 saturated carbocycles. The molecule has 11 heteroatoms. The monoisotopic (exact) mass is 342 g/mol. The topological polar surface area (TPSA) is 131 Å². The van der Waals surface area contributed by atoms with E-state index < -0.39 is 0 Å². The Morgan fingerprint density at radius 1 is 1.28 bits per heavy atom. The zero-order valence-electron chi connectivity index (χ0n) is 13.1. The van der Waals surface area contributed by atoms with Crippen molar-refractivity contribution in [3.8, 4) is 11.3 Å². The molecular formula is C14H13FN9O-. The van der Waals surface area contributed by atoms with Gasteiger partial charge in [-0.2, -0.15) is 10.2 Å². The molecule has 0 amide bonds. The van der Waals surface area contributed by atoms with Crippen LogP contribution in [-0.4, -0.2) is 37.3 Å². The highest BCUT2D eigenvalue weighted by Gasteiger charge is 2.21. The first-order valence-electron chi connectivity index (χ1n) is 7.45. The Morgan fingerprint density at radius 2 is 2.16 bits per heavy atom. The number of benzene rings is 1. The highest BCUT2D eigenvalue weighted by atomic mass is 19.1. The Labute approximate surface area is 141 Å². The van der Waals surface area contributed by atoms with Gasteiger partial charge in [0, 0.05) is 17.7 Å². The standard InChI is InChI=1S/C14H13FN9O/c1-7-4-8(15)2-3-9(7)11-10-5-16-6-24(25)12(10)18-13(17-11)19-14-20-22-23-21-14/h2-4,16H,5-6H2,1H3,(H2,17,18,19,20,21,22,23)/q-1. The van der Waals surface area contributed by atoms with Gasteiger partial charge in [0.1, 0.15) is 11.6 Å². The van der Waals surface area contributed by atoms with Crippen molar-refractivity contribution in [2.75, 3.05) is 17.0 Å². The van der Waals surface area contributed by atoms with Crippen LogP contribution in [0, 0.1) is 17.9 Å². The van der Waals surface area contributed by atoms with Crippen LogP contribution in [-0.2, 0) is 6.54 Å². The van der Waals surface area contributed by atoms with Crippen LogP contribution >= 0.6 is 0 Å². The number of rotatable bonds is 3. The summed E-state index contributed by atoms with van der Waals surface area (Å²) < 4.78 is 13.5. The van der Waals surface area contributed by atoms with Crippen molar-refractivity contribution in [3.63, 3.8) is 0 Å². The van der Waals surface area contributed by atoms with Crippen molar-refractivity contribution in [1.29, 1.82) is 0 Å². The second-order valence-electron chi connectivity index (χ2n) is 5.48. The minimum Gasteiger partial charge on any atom is -0.756 e. The fourth-order valence-corrected chi connectivity index (χ4v) is 2.68. The Bertz CT molecular complexity index is 915. The van der Waals surface area contributed by atoms with E-state index in [1.165, 1.54) is 12.1 Å². The molecule has 4 rings (SSSR count). The minimum absolute atomic E-state index is 0.119. The van der Waals surface area contributed by atoms with Crippen LogP contribution in [0.5, 0.6) is 0 Å². The molecule has 0 radical (unpaired) electrons. The molecule has 3 heterocycles. The lowest BCUT2D eigenvalue weighted by molar-refractivity contribution is 0.626. The highest BCUT2D eigenvalue weighted by Crippen LogP contribution is 2.33. The average molecular weight is 342 g/mol. The summed E-state index contributed by atoms with van der Waals surface area (Å²) in [6, 6.07) is 4.41. The summed E-state index contributed by atoms with van der Waals surface area (Å²) in [7, 11) is 0. The lowest BCUT2D eigenvalue weighted by atomic mass is 10.0. The maximum absolute atomic E-state index is 13.5. The Morgan fingerprint density at radius 3 is 2.92 bits per heavy atom. The zero-order chi connectivity index (χ0) is 17.4. The van der Waals surface area contributed by atoms with Crippen molar-refractivity contribution in [2.24, 2.45) is 0 Å². The Hall–Kier alpha value is -3.18. The van der Waals surface area contributed by atoms with Crippen molar-refractivity contribution in [2.45, 2.75) is 13.5 Å². The third kappa shape index (κ3) is 2.86. The van der Waals surface area contributed by atoms with E-state index in [0.29, 0.717) is 28.9 Å². The molecule has 0 spiro atoms. The van der Waals surface area contributed by atoms with E-state index >= 15 is 0 Å². The van der Waals surface area contributed by atoms with E-state index in [1.807, 2.05) is 0 Å². The van der Waals surface area contributed by atoms with Crippen molar-refractivity contribution in [3.05, 3.63) is 40.4 Å². The van der Waals surface area contributed by atoms with Crippen LogP contribution in [0.25, 0.3) is 11.3 Å². The normalized spacial score (nSPS) is 13.6. The van der Waals surface area contributed by atoms with Gasteiger partial charge >= 0.3 is 0 Å². The van der Waals surface area contributed by atoms with Gasteiger partial charge in [-0.25, -0.2) is 9.37 Å². The number of aromatic amines is 1. The number of H-pyrrole nitrogens is 1. The minimum atomic E-state index is -0.335. The fraction of sp³-hybridized carbons (Fsp3) is 0.214. The fourth-order valence-electron chi connectivity index (χ4n) is 2.68. The van der Waals surface area contributed by atoms with E-state index in [9.17, 15) is 9.60 Å². The molecule has 3 aromatic rings. The van der Waals surface area contributed by atoms with Gasteiger partial charge in [-0.05, 0) is 35.9 Å². The summed E-state index contributed by atoms with van der Waals surface area (Å²) in [5.41, 5.74) is 2.61. The largest absolute Gasteiger partial charge is 0.756 e. The molecule has 0 aliphatic carbocycles. The van der Waals surface area contributed by atoms with Gasteiger partial charge in [0.2, 0.25) is 5.95 Å². The maximum Gasteiger partial charge on any atom is 0.269 e. The average Bonchev–Trinajstić information content (AvgIpc) is 3.08. The smallest absolute Gasteiger partial charge is 0.269 e. The summed E-state index contributed by atoms with van der Waals surface area (Å²) in [4.78, 5) is 8.74. The first kappa shape index (κ1) is 15.4. The molecule has 0 atom stereocenters. The van der Waals surface area contributed by atoms with E-state index in [0.717, 1.165) is 5.06 Å². The maximum atomic E-state index is 13.5. The molecule has 128 valence electrons. The van der Waals surface area contributed by atoms with Crippen LogP contribution < -0.4 is 15.7 Å². The third-order valence-electron chi connectivity index (χ3n) is 3.79. The number of aromatic nitrogens is 6. The predicted octanol–water partition coefficient (Wildman–Crippen LogP) is 1.21. The van der Waals surface area contributed by atoms with Gasteiger partial charge in [-0.15, -0.1) is 5.10 Å². The van der Waals surface area contributed by atoms with Gasteiger partial charge in [0.25, 0.3) is 5.95 Å². The van der Waals surface area contributed by atoms with E-state index in [-0.39, 0.29) is 30.2 Å². The van der Waals surface area contributed by atoms with Gasteiger partial charge in [0.05, 0.1) is 12.4 Å². The number of fused-ring (bicyclic) bond motifs is 1. The number of hydrogen-bond acceptors (Lipinski definition) is 9. The molecule has 1 aliphatic rings. The number of halogens is 1. The highest BCUT2D eigenvalue weighted by molar-refractivity contribution is 5.74. The number of hydroxylamine groups is 1. The van der Waals surface area contributed by atoms with Crippen LogP contribution in [0.3, 0.4) is 0 Å². The number of hydrogen-bond donors (Lipinski definition) is 3. The van der Waals surface area contributed by atoms with E-state index in [2.05, 4.69) is 41.2 Å². The molecule has 2 aromatic heterocycles. The molecule has 25 heavy (non-hydrogen) atoms. The van der Waals surface area contributed by atoms with Crippen LogP contribution in [0.1, 0.15) is 11.1 Å². The van der Waals surface area contributed by atoms with Gasteiger partial charge in [-0.1, -0.05) is 5.10 Å². The van der Waals surface area contributed by atoms with Gasteiger partial charge < -0.3 is 10.3 Å². The van der Waals surface area contributed by atoms with E-state index in [1.54, 1.807) is 13.0 Å². The molecule has 0 unspecified atom stereocenters. The Kier molecular flexibility index (Phi) is 3.71. The summed E-state index contributed by atoms with van der Waals surface area (Å²) >= 11 is 0. The second kappa shape index (κ2) is 6.03. The van der Waals surface area contributed by atoms with Crippen LogP contribution in [0.2, 0.25) is 0 Å². The SMILES string of the molecule is Cc1cc(F)ccc1-c1nc(Nc2nn[nH]n2)nc2c1CNCN2[O-]. The molecule has 0 bridgehead atoms. The van der Waals surface area contributed by atoms with Crippen LogP contribution in [0.15, 0.2) is 18.2 Å². The third-order valence-corrected chi connectivity index (χ3v) is 3.79. The molecule has 10 nitrogen and oxygen atoms in total. The summed E-state index contributed by atoms with van der Waals surface area (Å²) in [6.45, 7) is 2.33. The molecular weight excluding hydrogens is 329 g/mol. The second-order valence-corrected chi connectivity index (χ2v) is 5.48. The quantitative estimate of drug-likeness (QED) is 0.642. The molecule has 0 fully saturated rings. The van der Waals surface area contributed by atoms with Crippen molar-refractivity contribution in [1.82, 2.24) is 35.9 Å². The van der Waals surface area contributed by atoms with Gasteiger partial charge in [-0.3, -0.25) is 10.6 Å². The summed E-state index contributed by atoms with van der Waals surface area (Å²) in [5, 5.41) is 32.0. The predicted molar refractivity (Wildman–Crippen MR) is 87.2 cm³/mol. The number of tetrazole rings is 1.